The van der Waals surface area contributed by atoms with Crippen molar-refractivity contribution in [3.63, 3.8) is 0 Å². The Morgan fingerprint density at radius 2 is 1.00 bits per heavy atom. The van der Waals surface area contributed by atoms with E-state index in [0.29, 0.717) is 23.0 Å². The van der Waals surface area contributed by atoms with Crippen molar-refractivity contribution in [3.8, 4) is 23.0 Å². The summed E-state index contributed by atoms with van der Waals surface area (Å²) in [4.78, 5) is 0. The van der Waals surface area contributed by atoms with Gasteiger partial charge in [-0.2, -0.15) is 4.57 Å². The molecule has 0 spiro atoms. The minimum atomic E-state index is -4.21. The molecule has 3 atom stereocenters. The summed E-state index contributed by atoms with van der Waals surface area (Å²) >= 11 is 0. The fraction of sp³-hybridized carbons (Fsp3) is 0.176. The third kappa shape index (κ3) is 8.03. The van der Waals surface area contributed by atoms with Gasteiger partial charge < -0.3 is 22.6 Å². The summed E-state index contributed by atoms with van der Waals surface area (Å²) in [5, 5.41) is 0. The van der Waals surface area contributed by atoms with E-state index in [1.807, 2.05) is 76.2 Å². The van der Waals surface area contributed by atoms with Crippen LogP contribution in [0.4, 0.5) is 0 Å². The van der Waals surface area contributed by atoms with E-state index in [2.05, 4.69) is 0 Å². The molecule has 5 rings (SSSR count). The third-order valence-electron chi connectivity index (χ3n) is 6.65. The fourth-order valence-corrected chi connectivity index (χ4v) is 7.37. The van der Waals surface area contributed by atoms with Gasteiger partial charge in [0.25, 0.3) is 0 Å². The molecule has 3 unspecified atom stereocenters. The van der Waals surface area contributed by atoms with Gasteiger partial charge in [-0.3, -0.25) is 4.52 Å². The van der Waals surface area contributed by atoms with Gasteiger partial charge >= 0.3 is 15.6 Å². The van der Waals surface area contributed by atoms with Crippen LogP contribution in [-0.2, 0) is 18.2 Å². The molecule has 10 heteroatoms. The van der Waals surface area contributed by atoms with E-state index in [0.717, 1.165) is 22.3 Å². The van der Waals surface area contributed by atoms with Crippen LogP contribution in [0.15, 0.2) is 121 Å². The first kappa shape index (κ1) is 31.2. The number of hydrogen-bond donors (Lipinski definition) is 0. The van der Waals surface area contributed by atoms with Gasteiger partial charge in [-0.25, -0.2) is 4.57 Å². The van der Waals surface area contributed by atoms with Gasteiger partial charge in [0.15, 0.2) is 0 Å². The van der Waals surface area contributed by atoms with Crippen molar-refractivity contribution in [3.05, 3.63) is 143 Å². The highest BCUT2D eigenvalue weighted by Gasteiger charge is 2.38. The quantitative estimate of drug-likeness (QED) is 0.143. The minimum absolute atomic E-state index is 0.221. The van der Waals surface area contributed by atoms with Crippen LogP contribution in [0.3, 0.4) is 0 Å². The van der Waals surface area contributed by atoms with Gasteiger partial charge in [0.2, 0.25) is 0 Å². The van der Waals surface area contributed by atoms with Crippen LogP contribution in [0.1, 0.15) is 28.7 Å². The normalized spacial score (nSPS) is 17.0. The second kappa shape index (κ2) is 13.6. The molecule has 4 aromatic rings. The molecular formula is C34H34O8P2. The lowest BCUT2D eigenvalue weighted by Gasteiger charge is -2.26. The Balaban J connectivity index is 1.35. The minimum Gasteiger partial charge on any atom is -0.395 e. The van der Waals surface area contributed by atoms with Gasteiger partial charge in [0.05, 0.1) is 6.10 Å². The van der Waals surface area contributed by atoms with E-state index in [1.165, 1.54) is 0 Å². The third-order valence-corrected chi connectivity index (χ3v) is 9.30. The Bertz CT molecular complexity index is 1710. The Labute approximate surface area is 258 Å². The summed E-state index contributed by atoms with van der Waals surface area (Å²) < 4.78 is 63.6. The lowest BCUT2D eigenvalue weighted by molar-refractivity contribution is 0.169. The Hall–Kier alpha value is -4.22. The van der Waals surface area contributed by atoms with Crippen molar-refractivity contribution in [2.75, 3.05) is 0 Å². The van der Waals surface area contributed by atoms with Crippen LogP contribution in [0.5, 0.6) is 23.0 Å². The number of phosphoric acid groups is 2. The number of aryl methyl sites for hydroxylation is 4. The van der Waals surface area contributed by atoms with Crippen molar-refractivity contribution in [2.24, 2.45) is 0 Å². The van der Waals surface area contributed by atoms with Gasteiger partial charge in [-0.1, -0.05) is 78.9 Å². The van der Waals surface area contributed by atoms with Crippen molar-refractivity contribution >= 4 is 15.6 Å². The molecule has 0 bridgehead atoms. The first-order chi connectivity index (χ1) is 21.1. The predicted molar refractivity (Wildman–Crippen MR) is 170 cm³/mol. The molecule has 1 aliphatic rings. The number of phosphoric ester groups is 2. The molecule has 0 N–H and O–H groups in total. The van der Waals surface area contributed by atoms with Gasteiger partial charge in [-0.05, 0) is 92.8 Å². The summed E-state index contributed by atoms with van der Waals surface area (Å²) in [6.07, 6.45) is 4.38. The highest BCUT2D eigenvalue weighted by Crippen LogP contribution is 2.55. The number of hydrogen-bond acceptors (Lipinski definition) is 8. The van der Waals surface area contributed by atoms with Crippen LogP contribution < -0.4 is 18.1 Å². The largest absolute Gasteiger partial charge is 0.647 e. The predicted octanol–water partition coefficient (Wildman–Crippen LogP) is 10.00. The van der Waals surface area contributed by atoms with Gasteiger partial charge in [0, 0.05) is 0 Å². The molecule has 0 heterocycles. The Kier molecular flexibility index (Phi) is 9.65. The smallest absolute Gasteiger partial charge is 0.395 e. The van der Waals surface area contributed by atoms with Gasteiger partial charge in [0.1, 0.15) is 28.8 Å². The molecule has 44 heavy (non-hydrogen) atoms. The Morgan fingerprint density at radius 1 is 0.545 bits per heavy atom. The molecule has 0 amide bonds. The topological polar surface area (TPSA) is 89.5 Å². The average molecular weight is 633 g/mol. The molecule has 4 aromatic carbocycles. The average Bonchev–Trinajstić information content (AvgIpc) is 2.99. The van der Waals surface area contributed by atoms with Crippen LogP contribution in [0, 0.1) is 27.7 Å². The summed E-state index contributed by atoms with van der Waals surface area (Å²) in [5.74, 6) is 1.74. The van der Waals surface area contributed by atoms with Gasteiger partial charge in [-0.15, -0.1) is 0 Å². The lowest BCUT2D eigenvalue weighted by atomic mass is 10.1. The summed E-state index contributed by atoms with van der Waals surface area (Å²) in [5.41, 5.74) is 3.15. The standard InChI is InChI=1S/C34H34O8P2/c1-25-13-11-14-26(2)33(25)41-43(35,37-29-17-7-5-8-18-29)39-31-21-23-32(24-22-31)40-44(36,38-30-19-9-6-10-20-30)42-34-27(3)15-12-16-28(34)4/h5-23,32H,24H2,1-4H3. The summed E-state index contributed by atoms with van der Waals surface area (Å²) in [6.45, 7) is 7.43. The van der Waals surface area contributed by atoms with Crippen LogP contribution >= 0.6 is 15.6 Å². The lowest BCUT2D eigenvalue weighted by Crippen LogP contribution is -2.16. The molecule has 0 aliphatic heterocycles. The fourth-order valence-electron chi connectivity index (χ4n) is 4.47. The SMILES string of the molecule is Cc1cccc(C)c1OP(=O)(OC1=CCC(OP(=O)(Oc2ccccc2)Oc2c(C)cccc2C)C=C1)Oc1ccccc1. The highest BCUT2D eigenvalue weighted by molar-refractivity contribution is 7.49. The first-order valence-electron chi connectivity index (χ1n) is 14.1. The number of allylic oxidation sites excluding steroid dienone is 1. The maximum absolute atomic E-state index is 14.1. The molecule has 0 saturated carbocycles. The molecule has 0 saturated heterocycles. The molecule has 0 fully saturated rings. The molecule has 8 nitrogen and oxygen atoms in total. The second-order valence-electron chi connectivity index (χ2n) is 10.3. The van der Waals surface area contributed by atoms with Crippen molar-refractivity contribution in [2.45, 2.75) is 40.2 Å². The summed E-state index contributed by atoms with van der Waals surface area (Å²) in [6, 6.07) is 28.6. The summed E-state index contributed by atoms with van der Waals surface area (Å²) in [7, 11) is -8.39. The number of para-hydroxylation sites is 4. The van der Waals surface area contributed by atoms with E-state index >= 15 is 0 Å². The second-order valence-corrected chi connectivity index (χ2v) is 13.2. The van der Waals surface area contributed by atoms with E-state index in [-0.39, 0.29) is 12.2 Å². The zero-order valence-corrected chi connectivity index (χ0v) is 26.7. The number of benzene rings is 4. The van der Waals surface area contributed by atoms with E-state index in [9.17, 15) is 9.13 Å². The zero-order chi connectivity index (χ0) is 31.2. The van der Waals surface area contributed by atoms with Crippen LogP contribution in [-0.4, -0.2) is 6.10 Å². The maximum atomic E-state index is 14.1. The van der Waals surface area contributed by atoms with Crippen molar-refractivity contribution in [1.82, 2.24) is 0 Å². The Morgan fingerprint density at radius 3 is 1.45 bits per heavy atom. The molecule has 0 radical (unpaired) electrons. The van der Waals surface area contributed by atoms with Crippen molar-refractivity contribution in [1.29, 1.82) is 0 Å². The van der Waals surface area contributed by atoms with E-state index in [4.69, 9.17) is 27.1 Å². The van der Waals surface area contributed by atoms with Crippen LogP contribution in [0.25, 0.3) is 0 Å². The zero-order valence-electron chi connectivity index (χ0n) is 24.9. The molecule has 228 valence electrons. The first-order valence-corrected chi connectivity index (χ1v) is 17.0. The molecular weight excluding hydrogens is 598 g/mol. The van der Waals surface area contributed by atoms with Crippen LogP contribution in [0.2, 0.25) is 0 Å². The highest BCUT2D eigenvalue weighted by atomic mass is 31.2. The molecule has 0 aromatic heterocycles. The molecule has 1 aliphatic carbocycles. The van der Waals surface area contributed by atoms with E-state index in [1.54, 1.807) is 66.8 Å². The number of rotatable bonds is 12. The monoisotopic (exact) mass is 632 g/mol. The van der Waals surface area contributed by atoms with Crippen molar-refractivity contribution < 1.29 is 36.3 Å². The van der Waals surface area contributed by atoms with E-state index < -0.39 is 21.7 Å². The maximum Gasteiger partial charge on any atom is 0.647 e.